The summed E-state index contributed by atoms with van der Waals surface area (Å²) in [7, 11) is -4.01. The van der Waals surface area contributed by atoms with Crippen LogP contribution in [0.1, 0.15) is 53.9 Å². The molecule has 0 aliphatic heterocycles. The maximum absolute atomic E-state index is 13.3. The fraction of sp³-hybridized carbons (Fsp3) is 0.391. The Balaban J connectivity index is 1.75. The lowest BCUT2D eigenvalue weighted by Gasteiger charge is -2.13. The third-order valence-corrected chi connectivity index (χ3v) is 7.72. The molecule has 4 rings (SSSR count). The Hall–Kier alpha value is -3.66. The number of carbonyl (C=O) groups is 1. The van der Waals surface area contributed by atoms with E-state index in [9.17, 15) is 31.6 Å². The van der Waals surface area contributed by atoms with Crippen molar-refractivity contribution in [2.75, 3.05) is 17.7 Å². The predicted molar refractivity (Wildman–Crippen MR) is 122 cm³/mol. The van der Waals surface area contributed by atoms with Crippen LogP contribution in [0.2, 0.25) is 0 Å². The van der Waals surface area contributed by atoms with E-state index in [1.54, 1.807) is 13.0 Å². The minimum atomic E-state index is -4.68. The van der Waals surface area contributed by atoms with Crippen LogP contribution >= 0.6 is 0 Å². The van der Waals surface area contributed by atoms with Crippen LogP contribution < -0.4 is 5.32 Å². The monoisotopic (exact) mass is 521 g/mol. The molecule has 13 heteroatoms. The molecular formula is C23H22F3N5O4S. The maximum Gasteiger partial charge on any atom is 0.417 e. The second kappa shape index (κ2) is 9.09. The summed E-state index contributed by atoms with van der Waals surface area (Å²) in [6.45, 7) is 2.94. The first-order valence-electron chi connectivity index (χ1n) is 11.1. The van der Waals surface area contributed by atoms with Crippen LogP contribution in [0.15, 0.2) is 35.6 Å². The average Bonchev–Trinajstić information content (AvgIpc) is 3.55. The van der Waals surface area contributed by atoms with Gasteiger partial charge in [-0.05, 0) is 43.5 Å². The van der Waals surface area contributed by atoms with Gasteiger partial charge in [-0.25, -0.2) is 18.2 Å². The summed E-state index contributed by atoms with van der Waals surface area (Å²) in [5.41, 5.74) is -0.833. The second-order valence-corrected chi connectivity index (χ2v) is 10.5. The third kappa shape index (κ3) is 4.60. The van der Waals surface area contributed by atoms with Gasteiger partial charge in [-0.1, -0.05) is 6.92 Å². The molecule has 1 saturated carbocycles. The SMILES string of the molecule is CCOC(=O)c1cc(C2(C#N)CC2)cnc1CNc1nc2ccc(C(F)(F)F)cn2c1S(=O)(=O)CC. The van der Waals surface area contributed by atoms with Crippen LogP contribution in [0.4, 0.5) is 19.0 Å². The van der Waals surface area contributed by atoms with Crippen molar-refractivity contribution in [2.45, 2.75) is 49.9 Å². The second-order valence-electron chi connectivity index (χ2n) is 8.30. The van der Waals surface area contributed by atoms with Crippen molar-refractivity contribution in [3.8, 4) is 6.07 Å². The Bertz CT molecular complexity index is 1490. The summed E-state index contributed by atoms with van der Waals surface area (Å²) in [5, 5.41) is 11.9. The highest BCUT2D eigenvalue weighted by atomic mass is 32.2. The van der Waals surface area contributed by atoms with Gasteiger partial charge in [0.05, 0.1) is 47.2 Å². The number of hydrogen-bond donors (Lipinski definition) is 1. The van der Waals surface area contributed by atoms with Crippen molar-refractivity contribution in [1.82, 2.24) is 14.4 Å². The van der Waals surface area contributed by atoms with Crippen molar-refractivity contribution in [1.29, 1.82) is 5.26 Å². The Morgan fingerprint density at radius 2 is 2.03 bits per heavy atom. The third-order valence-electron chi connectivity index (χ3n) is 5.98. The number of rotatable bonds is 8. The first kappa shape index (κ1) is 25.4. The van der Waals surface area contributed by atoms with E-state index in [1.165, 1.54) is 13.1 Å². The number of halogens is 3. The molecule has 3 aromatic heterocycles. The zero-order valence-corrected chi connectivity index (χ0v) is 20.2. The Kier molecular flexibility index (Phi) is 6.42. The number of aromatic nitrogens is 3. The fourth-order valence-corrected chi connectivity index (χ4v) is 4.91. The largest absolute Gasteiger partial charge is 0.462 e. The number of nitrogens with zero attached hydrogens (tertiary/aromatic N) is 4. The molecule has 0 saturated heterocycles. The van der Waals surface area contributed by atoms with Gasteiger partial charge in [0.15, 0.2) is 20.7 Å². The molecule has 0 bridgehead atoms. The normalized spacial score (nSPS) is 14.9. The van der Waals surface area contributed by atoms with E-state index in [0.717, 1.165) is 16.5 Å². The molecule has 0 spiro atoms. The summed E-state index contributed by atoms with van der Waals surface area (Å²) in [5.74, 6) is -1.21. The zero-order chi connectivity index (χ0) is 26.3. The fourth-order valence-electron chi connectivity index (χ4n) is 3.78. The van der Waals surface area contributed by atoms with Gasteiger partial charge in [0.1, 0.15) is 5.65 Å². The maximum atomic E-state index is 13.3. The van der Waals surface area contributed by atoms with Crippen molar-refractivity contribution < 1.29 is 31.1 Å². The molecule has 3 aromatic rings. The van der Waals surface area contributed by atoms with Crippen LogP contribution in [-0.4, -0.2) is 41.1 Å². The van der Waals surface area contributed by atoms with Crippen LogP contribution in [0, 0.1) is 11.3 Å². The van der Waals surface area contributed by atoms with Crippen molar-refractivity contribution in [3.63, 3.8) is 0 Å². The van der Waals surface area contributed by atoms with E-state index in [2.05, 4.69) is 21.4 Å². The van der Waals surface area contributed by atoms with E-state index in [1.807, 2.05) is 0 Å². The number of nitriles is 1. The molecule has 9 nitrogen and oxygen atoms in total. The minimum Gasteiger partial charge on any atom is -0.462 e. The van der Waals surface area contributed by atoms with E-state index >= 15 is 0 Å². The van der Waals surface area contributed by atoms with Crippen LogP contribution in [0.3, 0.4) is 0 Å². The van der Waals surface area contributed by atoms with Crippen LogP contribution in [0.5, 0.6) is 0 Å². The molecule has 0 amide bonds. The molecule has 1 N–H and O–H groups in total. The van der Waals surface area contributed by atoms with Crippen LogP contribution in [-0.2, 0) is 32.7 Å². The molecule has 36 heavy (non-hydrogen) atoms. The van der Waals surface area contributed by atoms with Gasteiger partial charge in [0, 0.05) is 12.4 Å². The van der Waals surface area contributed by atoms with Gasteiger partial charge in [-0.3, -0.25) is 9.38 Å². The van der Waals surface area contributed by atoms with Gasteiger partial charge in [-0.2, -0.15) is 18.4 Å². The quantitative estimate of drug-likeness (QED) is 0.443. The van der Waals surface area contributed by atoms with Crippen LogP contribution in [0.25, 0.3) is 5.65 Å². The van der Waals surface area contributed by atoms with Gasteiger partial charge < -0.3 is 10.1 Å². The highest BCUT2D eigenvalue weighted by molar-refractivity contribution is 7.91. The Labute approximate surface area is 204 Å². The van der Waals surface area contributed by atoms with Gasteiger partial charge in [-0.15, -0.1) is 0 Å². The summed E-state index contributed by atoms with van der Waals surface area (Å²) < 4.78 is 71.4. The van der Waals surface area contributed by atoms with Crippen molar-refractivity contribution in [2.24, 2.45) is 0 Å². The predicted octanol–water partition coefficient (Wildman–Crippen LogP) is 3.89. The van der Waals surface area contributed by atoms with E-state index in [-0.39, 0.29) is 41.6 Å². The zero-order valence-electron chi connectivity index (χ0n) is 19.4. The minimum absolute atomic E-state index is 0.00357. The lowest BCUT2D eigenvalue weighted by molar-refractivity contribution is -0.137. The van der Waals surface area contributed by atoms with Crippen molar-refractivity contribution >= 4 is 27.3 Å². The molecule has 0 atom stereocenters. The number of alkyl halides is 3. The summed E-state index contributed by atoms with van der Waals surface area (Å²) >= 11 is 0. The number of hydrogen-bond acceptors (Lipinski definition) is 8. The molecule has 0 unspecified atom stereocenters. The van der Waals surface area contributed by atoms with Gasteiger partial charge in [0.2, 0.25) is 0 Å². The summed E-state index contributed by atoms with van der Waals surface area (Å²) in [4.78, 5) is 21.1. The molecule has 190 valence electrons. The molecule has 1 fully saturated rings. The van der Waals surface area contributed by atoms with E-state index in [0.29, 0.717) is 24.6 Å². The average molecular weight is 522 g/mol. The standard InChI is InChI=1S/C23H22F3N5O4S/c1-3-35-21(32)16-9-15(22(13-27)7-8-22)10-28-17(16)11-29-19-20(36(33,34)4-2)31-12-14(23(24,25)26)5-6-18(31)30-19/h5-6,9-10,12,29H,3-4,7-8,11H2,1-2H3. The summed E-state index contributed by atoms with van der Waals surface area (Å²) in [6.07, 6.45) is -1.22. The molecule has 0 radical (unpaired) electrons. The van der Waals surface area contributed by atoms with Gasteiger partial charge >= 0.3 is 12.1 Å². The molecule has 1 aliphatic carbocycles. The number of nitrogens with one attached hydrogen (secondary N) is 1. The first-order chi connectivity index (χ1) is 17.0. The number of sulfone groups is 1. The van der Waals surface area contributed by atoms with E-state index in [4.69, 9.17) is 4.74 Å². The molecular weight excluding hydrogens is 499 g/mol. The molecule has 3 heterocycles. The number of fused-ring (bicyclic) bond motifs is 1. The number of esters is 1. The number of anilines is 1. The summed E-state index contributed by atoms with van der Waals surface area (Å²) in [6, 6.07) is 5.68. The lowest BCUT2D eigenvalue weighted by Crippen LogP contribution is -2.16. The Morgan fingerprint density at radius 1 is 1.31 bits per heavy atom. The highest BCUT2D eigenvalue weighted by Crippen LogP contribution is 2.47. The van der Waals surface area contributed by atoms with Crippen molar-refractivity contribution in [3.05, 3.63) is 53.0 Å². The number of carbonyl (C=O) groups excluding carboxylic acids is 1. The van der Waals surface area contributed by atoms with Gasteiger partial charge in [0.25, 0.3) is 0 Å². The molecule has 0 aromatic carbocycles. The topological polar surface area (TPSA) is 126 Å². The van der Waals surface area contributed by atoms with E-state index < -0.39 is 38.0 Å². The lowest BCUT2D eigenvalue weighted by atomic mass is 9.97. The number of pyridine rings is 2. The highest BCUT2D eigenvalue weighted by Gasteiger charge is 2.45. The smallest absolute Gasteiger partial charge is 0.417 e. The number of imidazole rings is 1. The molecule has 1 aliphatic rings. The first-order valence-corrected chi connectivity index (χ1v) is 12.7. The number of ether oxygens (including phenoxy) is 1. The Morgan fingerprint density at radius 3 is 2.61 bits per heavy atom.